The van der Waals surface area contributed by atoms with E-state index in [-0.39, 0.29) is 0 Å². The lowest BCUT2D eigenvalue weighted by Crippen LogP contribution is -2.53. The fourth-order valence-electron chi connectivity index (χ4n) is 6.25. The smallest absolute Gasteiger partial charge is 0.113 e. The van der Waals surface area contributed by atoms with Crippen molar-refractivity contribution in [2.24, 2.45) is 17.3 Å². The van der Waals surface area contributed by atoms with Crippen LogP contribution in [0.4, 0.5) is 0 Å². The molecule has 3 heteroatoms. The van der Waals surface area contributed by atoms with Gasteiger partial charge in [-0.3, -0.25) is 0 Å². The van der Waals surface area contributed by atoms with Crippen LogP contribution < -0.4 is 0 Å². The molecule has 1 aromatic heterocycles. The highest BCUT2D eigenvalue weighted by Crippen LogP contribution is 2.65. The summed E-state index contributed by atoms with van der Waals surface area (Å²) in [6.45, 7) is 2.51. The van der Waals surface area contributed by atoms with Crippen LogP contribution in [-0.4, -0.2) is 9.97 Å². The van der Waals surface area contributed by atoms with Crippen LogP contribution in [0.3, 0.4) is 0 Å². The van der Waals surface area contributed by atoms with Gasteiger partial charge in [-0.1, -0.05) is 24.6 Å². The summed E-state index contributed by atoms with van der Waals surface area (Å²) in [5.41, 5.74) is 2.89. The molecule has 110 valence electrons. The molecule has 2 atom stereocenters. The molecule has 0 amide bonds. The Morgan fingerprint density at radius 3 is 2.62 bits per heavy atom. The first kappa shape index (κ1) is 12.5. The van der Waals surface area contributed by atoms with Gasteiger partial charge in [0, 0.05) is 5.41 Å². The van der Waals surface area contributed by atoms with Gasteiger partial charge in [-0.25, -0.2) is 4.98 Å². The molecular formula is C18H21ClN2. The van der Waals surface area contributed by atoms with Crippen molar-refractivity contribution in [3.05, 3.63) is 29.0 Å². The number of aromatic nitrogens is 2. The normalized spacial score (nSPS) is 41.0. The predicted molar refractivity (Wildman–Crippen MR) is 85.6 cm³/mol. The van der Waals surface area contributed by atoms with E-state index >= 15 is 0 Å². The summed E-state index contributed by atoms with van der Waals surface area (Å²) < 4.78 is 0. The maximum atomic E-state index is 6.32. The molecule has 4 bridgehead atoms. The lowest BCUT2D eigenvalue weighted by molar-refractivity contribution is -0.0644. The van der Waals surface area contributed by atoms with Crippen molar-refractivity contribution in [3.63, 3.8) is 0 Å². The number of imidazole rings is 1. The summed E-state index contributed by atoms with van der Waals surface area (Å²) in [7, 11) is 0. The molecule has 0 radical (unpaired) electrons. The van der Waals surface area contributed by atoms with Gasteiger partial charge >= 0.3 is 0 Å². The van der Waals surface area contributed by atoms with E-state index in [0.717, 1.165) is 27.9 Å². The van der Waals surface area contributed by atoms with E-state index in [2.05, 4.69) is 18.0 Å². The van der Waals surface area contributed by atoms with E-state index in [9.17, 15) is 0 Å². The second-order valence-electron chi connectivity index (χ2n) is 8.27. The summed E-state index contributed by atoms with van der Waals surface area (Å²) in [6.07, 6.45) is 8.30. The Labute approximate surface area is 130 Å². The van der Waals surface area contributed by atoms with E-state index in [1.165, 1.54) is 44.3 Å². The number of fused-ring (bicyclic) bond motifs is 1. The Hall–Kier alpha value is -1.02. The van der Waals surface area contributed by atoms with Crippen molar-refractivity contribution in [1.82, 2.24) is 9.97 Å². The van der Waals surface area contributed by atoms with Crippen LogP contribution in [0.15, 0.2) is 18.2 Å². The molecule has 4 aliphatic carbocycles. The number of para-hydroxylation sites is 1. The molecule has 0 aliphatic heterocycles. The molecule has 4 saturated carbocycles. The minimum Gasteiger partial charge on any atom is -0.341 e. The largest absolute Gasteiger partial charge is 0.341 e. The molecule has 0 spiro atoms. The maximum absolute atomic E-state index is 6.32. The average molecular weight is 301 g/mol. The van der Waals surface area contributed by atoms with Gasteiger partial charge in [0.25, 0.3) is 0 Å². The van der Waals surface area contributed by atoms with Gasteiger partial charge in [-0.15, -0.1) is 0 Å². The fourth-order valence-corrected chi connectivity index (χ4v) is 6.46. The molecule has 4 fully saturated rings. The van der Waals surface area contributed by atoms with Crippen LogP contribution in [-0.2, 0) is 5.41 Å². The Balaban J connectivity index is 1.66. The molecule has 1 aromatic carbocycles. The molecular weight excluding hydrogens is 280 g/mol. The Kier molecular flexibility index (Phi) is 2.29. The standard InChI is InChI=1S/C18H21ClN2/c1-17-6-11-5-12(7-17)9-18(8-11,10-17)16-20-14-4-2-3-13(19)15(14)21-16/h2-4,11-12H,5-10H2,1H3,(H,20,21). The second-order valence-corrected chi connectivity index (χ2v) is 8.68. The van der Waals surface area contributed by atoms with Crippen molar-refractivity contribution >= 4 is 22.6 Å². The van der Waals surface area contributed by atoms with Gasteiger partial charge in [0.05, 0.1) is 10.5 Å². The van der Waals surface area contributed by atoms with Crippen LogP contribution in [0.1, 0.15) is 51.3 Å². The third-order valence-corrected chi connectivity index (χ3v) is 6.62. The number of H-pyrrole nitrogens is 1. The Morgan fingerprint density at radius 2 is 1.95 bits per heavy atom. The van der Waals surface area contributed by atoms with Crippen LogP contribution in [0.25, 0.3) is 11.0 Å². The number of nitrogens with one attached hydrogen (secondary N) is 1. The first-order chi connectivity index (χ1) is 10.1. The number of halogens is 1. The molecule has 1 heterocycles. The van der Waals surface area contributed by atoms with Gasteiger partial charge in [-0.05, 0) is 67.9 Å². The van der Waals surface area contributed by atoms with Gasteiger partial charge in [0.15, 0.2) is 0 Å². The summed E-state index contributed by atoms with van der Waals surface area (Å²) in [5.74, 6) is 3.05. The highest BCUT2D eigenvalue weighted by atomic mass is 35.5. The van der Waals surface area contributed by atoms with Gasteiger partial charge in [-0.2, -0.15) is 0 Å². The minimum atomic E-state index is 0.293. The summed E-state index contributed by atoms with van der Waals surface area (Å²) >= 11 is 6.32. The monoisotopic (exact) mass is 300 g/mol. The molecule has 6 rings (SSSR count). The fraction of sp³-hybridized carbons (Fsp3) is 0.611. The van der Waals surface area contributed by atoms with Gasteiger partial charge < -0.3 is 4.98 Å². The number of hydrogen-bond acceptors (Lipinski definition) is 1. The number of benzene rings is 1. The molecule has 1 N–H and O–H groups in total. The van der Waals surface area contributed by atoms with Crippen molar-refractivity contribution in [2.45, 2.75) is 50.9 Å². The molecule has 4 aliphatic rings. The molecule has 21 heavy (non-hydrogen) atoms. The van der Waals surface area contributed by atoms with Crippen molar-refractivity contribution in [3.8, 4) is 0 Å². The van der Waals surface area contributed by atoms with E-state index in [1.54, 1.807) is 0 Å². The topological polar surface area (TPSA) is 28.7 Å². The van der Waals surface area contributed by atoms with Crippen LogP contribution in [0.5, 0.6) is 0 Å². The first-order valence-corrected chi connectivity index (χ1v) is 8.58. The average Bonchev–Trinajstić information content (AvgIpc) is 2.82. The van der Waals surface area contributed by atoms with Crippen molar-refractivity contribution < 1.29 is 0 Å². The SMILES string of the molecule is CC12CC3CC(C1)CC(c1nc4c(Cl)cccc4[nH]1)(C3)C2. The summed E-state index contributed by atoms with van der Waals surface area (Å²) in [5, 5.41) is 0.769. The van der Waals surface area contributed by atoms with E-state index < -0.39 is 0 Å². The van der Waals surface area contributed by atoms with Crippen molar-refractivity contribution in [2.75, 3.05) is 0 Å². The quantitative estimate of drug-likeness (QED) is 0.782. The van der Waals surface area contributed by atoms with Crippen molar-refractivity contribution in [1.29, 1.82) is 0 Å². The van der Waals surface area contributed by atoms with Gasteiger partial charge in [0.2, 0.25) is 0 Å². The highest BCUT2D eigenvalue weighted by Gasteiger charge is 2.57. The second kappa shape index (κ2) is 3.84. The van der Waals surface area contributed by atoms with E-state index in [4.69, 9.17) is 16.6 Å². The summed E-state index contributed by atoms with van der Waals surface area (Å²) in [4.78, 5) is 8.56. The Morgan fingerprint density at radius 1 is 1.19 bits per heavy atom. The number of nitrogens with zero attached hydrogens (tertiary/aromatic N) is 1. The lowest BCUT2D eigenvalue weighted by atomic mass is 9.44. The Bertz CT molecular complexity index is 718. The van der Waals surface area contributed by atoms with E-state index in [0.29, 0.717) is 10.8 Å². The van der Waals surface area contributed by atoms with E-state index in [1.807, 2.05) is 12.1 Å². The third kappa shape index (κ3) is 1.69. The number of rotatable bonds is 1. The third-order valence-electron chi connectivity index (χ3n) is 6.32. The molecule has 2 nitrogen and oxygen atoms in total. The molecule has 0 saturated heterocycles. The zero-order chi connectivity index (χ0) is 14.2. The molecule has 2 aromatic rings. The zero-order valence-corrected chi connectivity index (χ0v) is 13.2. The maximum Gasteiger partial charge on any atom is 0.113 e. The molecule has 2 unspecified atom stereocenters. The number of hydrogen-bond donors (Lipinski definition) is 1. The predicted octanol–water partition coefficient (Wildman–Crippen LogP) is 5.07. The highest BCUT2D eigenvalue weighted by molar-refractivity contribution is 6.34. The first-order valence-electron chi connectivity index (χ1n) is 8.20. The van der Waals surface area contributed by atoms with Crippen LogP contribution in [0, 0.1) is 17.3 Å². The van der Waals surface area contributed by atoms with Crippen LogP contribution in [0.2, 0.25) is 5.02 Å². The van der Waals surface area contributed by atoms with Crippen LogP contribution >= 0.6 is 11.6 Å². The van der Waals surface area contributed by atoms with Gasteiger partial charge in [0.1, 0.15) is 11.3 Å². The zero-order valence-electron chi connectivity index (χ0n) is 12.5. The summed E-state index contributed by atoms with van der Waals surface area (Å²) in [6, 6.07) is 6.04. The lowest BCUT2D eigenvalue weighted by Gasteiger charge is -2.60. The number of aromatic amines is 1. The minimum absolute atomic E-state index is 0.293.